The van der Waals surface area contributed by atoms with E-state index in [9.17, 15) is 4.79 Å². The highest BCUT2D eigenvalue weighted by molar-refractivity contribution is 6.33. The zero-order chi connectivity index (χ0) is 20.0. The van der Waals surface area contributed by atoms with E-state index in [0.717, 1.165) is 41.2 Å². The summed E-state index contributed by atoms with van der Waals surface area (Å²) in [5.41, 5.74) is 4.51. The van der Waals surface area contributed by atoms with Gasteiger partial charge in [0.15, 0.2) is 0 Å². The van der Waals surface area contributed by atoms with E-state index in [1.807, 2.05) is 41.3 Å². The molecule has 146 valence electrons. The summed E-state index contributed by atoms with van der Waals surface area (Å²) in [5, 5.41) is 1.16. The second-order valence-corrected chi connectivity index (χ2v) is 8.44. The number of hydrogen-bond donors (Lipinski definition) is 0. The summed E-state index contributed by atoms with van der Waals surface area (Å²) in [6.07, 6.45) is 3.01. The minimum atomic E-state index is -0.0606. The molecule has 4 nitrogen and oxygen atoms in total. The Morgan fingerprint density at radius 2 is 1.76 bits per heavy atom. The van der Waals surface area contributed by atoms with Crippen LogP contribution in [0.25, 0.3) is 11.3 Å². The maximum Gasteiger partial charge on any atom is 0.255 e. The van der Waals surface area contributed by atoms with Gasteiger partial charge in [-0.1, -0.05) is 47.5 Å². The Bertz CT molecular complexity index is 1090. The fraction of sp³-hybridized carbons (Fsp3) is 0.261. The Labute approximate surface area is 179 Å². The molecule has 1 saturated carbocycles. The van der Waals surface area contributed by atoms with E-state index >= 15 is 0 Å². The van der Waals surface area contributed by atoms with Crippen LogP contribution < -0.4 is 0 Å². The minimum Gasteiger partial charge on any atom is -0.334 e. The van der Waals surface area contributed by atoms with Gasteiger partial charge in [-0.2, -0.15) is 0 Å². The van der Waals surface area contributed by atoms with Gasteiger partial charge in [-0.3, -0.25) is 4.79 Å². The van der Waals surface area contributed by atoms with Gasteiger partial charge in [0.1, 0.15) is 5.82 Å². The van der Waals surface area contributed by atoms with Gasteiger partial charge in [-0.15, -0.1) is 0 Å². The molecule has 29 heavy (non-hydrogen) atoms. The molecule has 0 unspecified atom stereocenters. The number of carbonyl (C=O) groups is 1. The largest absolute Gasteiger partial charge is 0.334 e. The molecule has 5 rings (SSSR count). The summed E-state index contributed by atoms with van der Waals surface area (Å²) in [4.78, 5) is 24.7. The zero-order valence-corrected chi connectivity index (χ0v) is 17.2. The van der Waals surface area contributed by atoms with Crippen LogP contribution in [0.4, 0.5) is 0 Å². The van der Waals surface area contributed by atoms with Crippen LogP contribution in [0.3, 0.4) is 0 Å². The molecule has 6 heteroatoms. The van der Waals surface area contributed by atoms with Crippen molar-refractivity contribution in [2.75, 3.05) is 6.54 Å². The number of carbonyl (C=O) groups excluding carboxylic acids is 1. The summed E-state index contributed by atoms with van der Waals surface area (Å²) in [5.74, 6) is 1.34. The summed E-state index contributed by atoms with van der Waals surface area (Å²) in [7, 11) is 0. The second kappa shape index (κ2) is 7.43. The highest BCUT2D eigenvalue weighted by Gasteiger charge is 2.32. The molecule has 1 aliphatic heterocycles. The van der Waals surface area contributed by atoms with Gasteiger partial charge in [0.2, 0.25) is 0 Å². The van der Waals surface area contributed by atoms with Gasteiger partial charge in [-0.05, 0) is 37.1 Å². The fourth-order valence-corrected chi connectivity index (χ4v) is 4.12. The van der Waals surface area contributed by atoms with E-state index in [4.69, 9.17) is 33.2 Å². The van der Waals surface area contributed by atoms with Gasteiger partial charge in [0, 0.05) is 41.6 Å². The summed E-state index contributed by atoms with van der Waals surface area (Å²) < 4.78 is 0. The standard InChI is InChI=1S/C23H19Cl2N3O/c24-16-9-7-14(8-10-16)21-18-13-28(23(29)17-3-1-2-4-19(17)25)12-11-20(18)26-22(27-21)15-5-6-15/h1-4,7-10,15H,5-6,11-13H2. The second-order valence-electron chi connectivity index (χ2n) is 7.59. The third kappa shape index (κ3) is 3.63. The number of fused-ring (bicyclic) bond motifs is 1. The highest BCUT2D eigenvalue weighted by Crippen LogP contribution is 2.40. The molecule has 0 radical (unpaired) electrons. The predicted octanol–water partition coefficient (Wildman–Crippen LogP) is 5.53. The van der Waals surface area contributed by atoms with E-state index < -0.39 is 0 Å². The van der Waals surface area contributed by atoms with E-state index in [1.54, 1.807) is 12.1 Å². The molecule has 0 bridgehead atoms. The molecule has 0 saturated heterocycles. The van der Waals surface area contributed by atoms with Crippen molar-refractivity contribution < 1.29 is 4.79 Å². The van der Waals surface area contributed by atoms with Crippen LogP contribution in [-0.2, 0) is 13.0 Å². The van der Waals surface area contributed by atoms with E-state index in [-0.39, 0.29) is 5.91 Å². The summed E-state index contributed by atoms with van der Waals surface area (Å²) in [6.45, 7) is 1.10. The number of halogens is 2. The lowest BCUT2D eigenvalue weighted by Crippen LogP contribution is -2.37. The Kier molecular flexibility index (Phi) is 4.76. The third-order valence-corrected chi connectivity index (χ3v) is 6.11. The Balaban J connectivity index is 1.54. The van der Waals surface area contributed by atoms with Gasteiger partial charge < -0.3 is 4.90 Å². The van der Waals surface area contributed by atoms with Gasteiger partial charge >= 0.3 is 0 Å². The predicted molar refractivity (Wildman–Crippen MR) is 114 cm³/mol. The highest BCUT2D eigenvalue weighted by atomic mass is 35.5. The van der Waals surface area contributed by atoms with Crippen molar-refractivity contribution in [1.82, 2.24) is 14.9 Å². The molecule has 3 aromatic rings. The molecule has 1 aliphatic carbocycles. The number of aromatic nitrogens is 2. The van der Waals surface area contributed by atoms with Gasteiger partial charge in [-0.25, -0.2) is 9.97 Å². The first-order chi connectivity index (χ1) is 14.1. The van der Waals surface area contributed by atoms with E-state index in [0.29, 0.717) is 41.0 Å². The average Bonchev–Trinajstić information content (AvgIpc) is 3.58. The molecule has 1 aromatic heterocycles. The van der Waals surface area contributed by atoms with Crippen molar-refractivity contribution >= 4 is 29.1 Å². The number of amides is 1. The molecule has 2 heterocycles. The molecule has 2 aromatic carbocycles. The minimum absolute atomic E-state index is 0.0606. The van der Waals surface area contributed by atoms with Crippen LogP contribution in [0.5, 0.6) is 0 Å². The van der Waals surface area contributed by atoms with E-state index in [2.05, 4.69) is 0 Å². The van der Waals surface area contributed by atoms with Crippen molar-refractivity contribution in [2.45, 2.75) is 31.7 Å². The molecule has 2 aliphatic rings. The topological polar surface area (TPSA) is 46.1 Å². The molecule has 0 spiro atoms. The lowest BCUT2D eigenvalue weighted by Gasteiger charge is -2.30. The van der Waals surface area contributed by atoms with Gasteiger partial charge in [0.05, 0.1) is 22.0 Å². The maximum atomic E-state index is 13.1. The van der Waals surface area contributed by atoms with Crippen molar-refractivity contribution in [2.24, 2.45) is 0 Å². The number of benzene rings is 2. The maximum absolute atomic E-state index is 13.1. The van der Waals surface area contributed by atoms with Crippen LogP contribution in [0, 0.1) is 0 Å². The van der Waals surface area contributed by atoms with Crippen LogP contribution in [0.1, 0.15) is 46.2 Å². The molecular weight excluding hydrogens is 405 g/mol. The van der Waals surface area contributed by atoms with Crippen LogP contribution >= 0.6 is 23.2 Å². The lowest BCUT2D eigenvalue weighted by atomic mass is 9.98. The Hall–Kier alpha value is -2.43. The Morgan fingerprint density at radius 1 is 1.00 bits per heavy atom. The number of nitrogens with zero attached hydrogens (tertiary/aromatic N) is 3. The third-order valence-electron chi connectivity index (χ3n) is 5.53. The molecule has 1 fully saturated rings. The number of rotatable bonds is 3. The summed E-state index contributed by atoms with van der Waals surface area (Å²) in [6, 6.07) is 14.9. The summed E-state index contributed by atoms with van der Waals surface area (Å²) >= 11 is 12.3. The number of hydrogen-bond acceptors (Lipinski definition) is 3. The normalized spacial score (nSPS) is 15.9. The average molecular weight is 424 g/mol. The monoisotopic (exact) mass is 423 g/mol. The molecule has 1 amide bonds. The Morgan fingerprint density at radius 3 is 2.48 bits per heavy atom. The fourth-order valence-electron chi connectivity index (χ4n) is 3.78. The van der Waals surface area contributed by atoms with Gasteiger partial charge in [0.25, 0.3) is 5.91 Å². The van der Waals surface area contributed by atoms with Crippen molar-refractivity contribution in [3.8, 4) is 11.3 Å². The first-order valence-corrected chi connectivity index (χ1v) is 10.5. The van der Waals surface area contributed by atoms with Crippen LogP contribution in [0.2, 0.25) is 10.0 Å². The van der Waals surface area contributed by atoms with Crippen molar-refractivity contribution in [1.29, 1.82) is 0 Å². The lowest BCUT2D eigenvalue weighted by molar-refractivity contribution is 0.0734. The van der Waals surface area contributed by atoms with Crippen molar-refractivity contribution in [3.05, 3.63) is 81.2 Å². The SMILES string of the molecule is O=C(c1ccccc1Cl)N1CCc2nc(C3CC3)nc(-c3ccc(Cl)cc3)c2C1. The van der Waals surface area contributed by atoms with Crippen LogP contribution in [-0.4, -0.2) is 27.3 Å². The smallest absolute Gasteiger partial charge is 0.255 e. The molecule has 0 atom stereocenters. The first kappa shape index (κ1) is 18.6. The molecule has 0 N–H and O–H groups in total. The molecular formula is C23H19Cl2N3O. The zero-order valence-electron chi connectivity index (χ0n) is 15.7. The van der Waals surface area contributed by atoms with E-state index in [1.165, 1.54) is 0 Å². The van der Waals surface area contributed by atoms with Crippen LogP contribution in [0.15, 0.2) is 48.5 Å². The van der Waals surface area contributed by atoms with Crippen molar-refractivity contribution in [3.63, 3.8) is 0 Å². The first-order valence-electron chi connectivity index (χ1n) is 9.79. The quantitative estimate of drug-likeness (QED) is 0.556.